The highest BCUT2D eigenvalue weighted by molar-refractivity contribution is 9.10. The van der Waals surface area contributed by atoms with Crippen LogP contribution in [0.4, 0.5) is 0 Å². The molecule has 4 heteroatoms. The molecule has 0 unspecified atom stereocenters. The van der Waals surface area contributed by atoms with Gasteiger partial charge in [-0.2, -0.15) is 0 Å². The van der Waals surface area contributed by atoms with E-state index in [1.165, 1.54) is 38.5 Å². The van der Waals surface area contributed by atoms with Crippen LogP contribution >= 0.6 is 31.9 Å². The Labute approximate surface area is 127 Å². The third-order valence-corrected chi connectivity index (χ3v) is 3.72. The molecule has 1 aromatic rings. The fraction of sp³-hybridized carbons (Fsp3) is 0.643. The van der Waals surface area contributed by atoms with Gasteiger partial charge in [0.15, 0.2) is 0 Å². The van der Waals surface area contributed by atoms with E-state index in [1.54, 1.807) is 12.4 Å². The molecule has 0 aliphatic rings. The van der Waals surface area contributed by atoms with Gasteiger partial charge in [-0.05, 0) is 34.8 Å². The van der Waals surface area contributed by atoms with Crippen molar-refractivity contribution in [3.63, 3.8) is 0 Å². The van der Waals surface area contributed by atoms with E-state index in [2.05, 4.69) is 36.8 Å². The maximum Gasteiger partial charge on any atom is 0.138 e. The number of hydrogen-bond donors (Lipinski definition) is 0. The smallest absolute Gasteiger partial charge is 0.138 e. The molecule has 0 aliphatic heterocycles. The fourth-order valence-electron chi connectivity index (χ4n) is 1.74. The van der Waals surface area contributed by atoms with Gasteiger partial charge in [0.25, 0.3) is 0 Å². The first-order valence-electron chi connectivity index (χ1n) is 6.62. The van der Waals surface area contributed by atoms with Gasteiger partial charge in [-0.25, -0.2) is 0 Å². The van der Waals surface area contributed by atoms with Gasteiger partial charge in [0.1, 0.15) is 5.75 Å². The fourth-order valence-corrected chi connectivity index (χ4v) is 2.48. The lowest BCUT2D eigenvalue weighted by atomic mass is 10.1. The molecule has 1 rings (SSSR count). The largest absolute Gasteiger partial charge is 0.492 e. The molecule has 0 fully saturated rings. The predicted octanol–water partition coefficient (Wildman–Crippen LogP) is 5.35. The first kappa shape index (κ1) is 16.0. The lowest BCUT2D eigenvalue weighted by Crippen LogP contribution is -1.97. The molecule has 0 aromatic carbocycles. The average molecular weight is 379 g/mol. The van der Waals surface area contributed by atoms with Crippen molar-refractivity contribution in [2.75, 3.05) is 11.9 Å². The summed E-state index contributed by atoms with van der Waals surface area (Å²) in [6.45, 7) is 0.791. The van der Waals surface area contributed by atoms with Gasteiger partial charge in [-0.3, -0.25) is 4.98 Å². The van der Waals surface area contributed by atoms with Crippen LogP contribution in [-0.4, -0.2) is 16.9 Å². The minimum absolute atomic E-state index is 0.791. The van der Waals surface area contributed by atoms with Gasteiger partial charge < -0.3 is 4.74 Å². The zero-order chi connectivity index (χ0) is 13.1. The van der Waals surface area contributed by atoms with Crippen molar-refractivity contribution in [3.8, 4) is 5.75 Å². The summed E-state index contributed by atoms with van der Waals surface area (Å²) >= 11 is 6.84. The third kappa shape index (κ3) is 8.09. The van der Waals surface area contributed by atoms with Gasteiger partial charge >= 0.3 is 0 Å². The van der Waals surface area contributed by atoms with E-state index in [0.29, 0.717) is 0 Å². The number of aromatic nitrogens is 1. The van der Waals surface area contributed by atoms with Crippen LogP contribution in [0.3, 0.4) is 0 Å². The van der Waals surface area contributed by atoms with Crippen molar-refractivity contribution in [1.29, 1.82) is 0 Å². The van der Waals surface area contributed by atoms with Crippen molar-refractivity contribution < 1.29 is 4.74 Å². The maximum absolute atomic E-state index is 5.63. The van der Waals surface area contributed by atoms with E-state index in [4.69, 9.17) is 4.74 Å². The van der Waals surface area contributed by atoms with Gasteiger partial charge in [0.05, 0.1) is 12.8 Å². The van der Waals surface area contributed by atoms with Crippen LogP contribution in [0.5, 0.6) is 5.75 Å². The van der Waals surface area contributed by atoms with E-state index < -0.39 is 0 Å². The van der Waals surface area contributed by atoms with Crippen LogP contribution in [0.25, 0.3) is 0 Å². The number of rotatable bonds is 10. The molecule has 0 spiro atoms. The third-order valence-electron chi connectivity index (χ3n) is 2.73. The summed E-state index contributed by atoms with van der Waals surface area (Å²) in [5.41, 5.74) is 0. The summed E-state index contributed by atoms with van der Waals surface area (Å²) in [4.78, 5) is 4.07. The Kier molecular flexibility index (Phi) is 9.58. The molecule has 0 saturated carbocycles. The first-order valence-corrected chi connectivity index (χ1v) is 8.53. The first-order chi connectivity index (χ1) is 8.83. The van der Waals surface area contributed by atoms with Gasteiger partial charge in [0.2, 0.25) is 0 Å². The van der Waals surface area contributed by atoms with E-state index in [9.17, 15) is 0 Å². The highest BCUT2D eigenvalue weighted by atomic mass is 79.9. The predicted molar refractivity (Wildman–Crippen MR) is 83.5 cm³/mol. The monoisotopic (exact) mass is 377 g/mol. The standard InChI is InChI=1S/C14H21Br2NO/c15-8-6-4-2-1-3-5-7-9-18-14-10-13(16)11-17-12-14/h10-12H,1-9H2. The molecule has 0 N–H and O–H groups in total. The van der Waals surface area contributed by atoms with E-state index in [1.807, 2.05) is 6.07 Å². The number of alkyl halides is 1. The molecule has 0 bridgehead atoms. The summed E-state index contributed by atoms with van der Waals surface area (Å²) in [7, 11) is 0. The van der Waals surface area contributed by atoms with Gasteiger partial charge in [0, 0.05) is 16.0 Å². The second-order valence-electron chi connectivity index (χ2n) is 4.35. The zero-order valence-electron chi connectivity index (χ0n) is 10.7. The molecule has 0 aliphatic carbocycles. The quantitative estimate of drug-likeness (QED) is 0.404. The molecule has 0 amide bonds. The SMILES string of the molecule is BrCCCCCCCCCOc1cncc(Br)c1. The summed E-state index contributed by atoms with van der Waals surface area (Å²) in [5, 5.41) is 1.14. The molecule has 0 radical (unpaired) electrons. The Balaban J connectivity index is 1.92. The molecule has 1 heterocycles. The summed E-state index contributed by atoms with van der Waals surface area (Å²) in [6.07, 6.45) is 12.6. The highest BCUT2D eigenvalue weighted by Crippen LogP contribution is 2.16. The van der Waals surface area contributed by atoms with Gasteiger partial charge in [-0.1, -0.05) is 48.0 Å². The number of pyridine rings is 1. The van der Waals surface area contributed by atoms with Crippen molar-refractivity contribution in [1.82, 2.24) is 4.98 Å². The van der Waals surface area contributed by atoms with Crippen LogP contribution in [0.15, 0.2) is 22.9 Å². The second kappa shape index (κ2) is 10.8. The highest BCUT2D eigenvalue weighted by Gasteiger charge is 1.96. The molecular formula is C14H21Br2NO. The second-order valence-corrected chi connectivity index (χ2v) is 6.06. The van der Waals surface area contributed by atoms with Crippen LogP contribution < -0.4 is 4.74 Å². The normalized spacial score (nSPS) is 10.6. The van der Waals surface area contributed by atoms with Crippen LogP contribution in [0.1, 0.15) is 44.9 Å². The Hall–Kier alpha value is -0.0900. The number of nitrogens with zero attached hydrogens (tertiary/aromatic N) is 1. The Morgan fingerprint density at radius 2 is 1.61 bits per heavy atom. The van der Waals surface area contributed by atoms with Crippen molar-refractivity contribution in [2.45, 2.75) is 44.9 Å². The van der Waals surface area contributed by atoms with Crippen molar-refractivity contribution in [3.05, 3.63) is 22.9 Å². The minimum Gasteiger partial charge on any atom is -0.492 e. The Bertz CT molecular complexity index is 320. The number of ether oxygens (including phenoxy) is 1. The average Bonchev–Trinajstić information content (AvgIpc) is 2.37. The molecule has 0 atom stereocenters. The summed E-state index contributed by atoms with van der Waals surface area (Å²) < 4.78 is 6.60. The maximum atomic E-state index is 5.63. The molecule has 2 nitrogen and oxygen atoms in total. The molecule has 18 heavy (non-hydrogen) atoms. The van der Waals surface area contributed by atoms with Crippen LogP contribution in [0.2, 0.25) is 0 Å². The lowest BCUT2D eigenvalue weighted by Gasteiger charge is -2.05. The topological polar surface area (TPSA) is 22.1 Å². The van der Waals surface area contributed by atoms with Crippen molar-refractivity contribution in [2.24, 2.45) is 0 Å². The number of halogens is 2. The molecular weight excluding hydrogens is 358 g/mol. The minimum atomic E-state index is 0.791. The van der Waals surface area contributed by atoms with E-state index >= 15 is 0 Å². The van der Waals surface area contributed by atoms with E-state index in [-0.39, 0.29) is 0 Å². The van der Waals surface area contributed by atoms with Crippen LogP contribution in [-0.2, 0) is 0 Å². The Morgan fingerprint density at radius 1 is 0.944 bits per heavy atom. The molecule has 1 aromatic heterocycles. The zero-order valence-corrected chi connectivity index (χ0v) is 13.9. The number of unbranched alkanes of at least 4 members (excludes halogenated alkanes) is 6. The Morgan fingerprint density at radius 3 is 2.28 bits per heavy atom. The molecule has 0 saturated heterocycles. The van der Waals surface area contributed by atoms with Crippen LogP contribution in [0, 0.1) is 0 Å². The van der Waals surface area contributed by atoms with Crippen molar-refractivity contribution >= 4 is 31.9 Å². The summed E-state index contributed by atoms with van der Waals surface area (Å²) in [5.74, 6) is 0.849. The summed E-state index contributed by atoms with van der Waals surface area (Å²) in [6, 6.07) is 1.95. The van der Waals surface area contributed by atoms with Gasteiger partial charge in [-0.15, -0.1) is 0 Å². The number of hydrogen-bond acceptors (Lipinski definition) is 2. The lowest BCUT2D eigenvalue weighted by molar-refractivity contribution is 0.303. The molecule has 102 valence electrons. The van der Waals surface area contributed by atoms with E-state index in [0.717, 1.165) is 28.6 Å².